The highest BCUT2D eigenvalue weighted by Crippen LogP contribution is 1.98. The molecule has 1 amide bonds. The number of hydrogen-bond acceptors (Lipinski definition) is 5. The van der Waals surface area contributed by atoms with Crippen LogP contribution in [0.2, 0.25) is 0 Å². The van der Waals surface area contributed by atoms with Gasteiger partial charge in [0.25, 0.3) is 5.91 Å². The van der Waals surface area contributed by atoms with Gasteiger partial charge >= 0.3 is 0 Å². The number of aromatic nitrogens is 1. The molecule has 0 saturated carbocycles. The second kappa shape index (κ2) is 5.22. The van der Waals surface area contributed by atoms with Crippen LogP contribution < -0.4 is 10.4 Å². The average molecular weight is 223 g/mol. The molecule has 0 aliphatic carbocycles. The Morgan fingerprint density at radius 1 is 1.56 bits per heavy atom. The minimum Gasteiger partial charge on any atom is -0.548 e. The van der Waals surface area contributed by atoms with E-state index in [1.54, 1.807) is 6.07 Å². The van der Waals surface area contributed by atoms with E-state index in [-0.39, 0.29) is 5.56 Å². The summed E-state index contributed by atoms with van der Waals surface area (Å²) in [5, 5.41) is 21.9. The van der Waals surface area contributed by atoms with E-state index in [2.05, 4.69) is 10.3 Å². The minimum atomic E-state index is -1.53. The zero-order chi connectivity index (χ0) is 12.1. The number of carbonyl (C=O) groups excluding carboxylic acids is 2. The highest BCUT2D eigenvalue weighted by Gasteiger charge is 2.19. The number of nitrogens with zero attached hydrogens (tertiary/aromatic N) is 1. The summed E-state index contributed by atoms with van der Waals surface area (Å²) in [5.74, 6) is -2.16. The molecular formula is C10H11N2O4-. The van der Waals surface area contributed by atoms with E-state index < -0.39 is 24.0 Å². The summed E-state index contributed by atoms with van der Waals surface area (Å²) in [6, 6.07) is 1.59. The monoisotopic (exact) mass is 223 g/mol. The number of carboxylic acid groups (broad SMARTS) is 1. The summed E-state index contributed by atoms with van der Waals surface area (Å²) in [6.45, 7) is 1.25. The Morgan fingerprint density at radius 2 is 2.25 bits per heavy atom. The van der Waals surface area contributed by atoms with E-state index >= 15 is 0 Å². The Balaban J connectivity index is 2.74. The SMILES string of the molecule is C[C@H](O)[C@@H](NC(=O)c1cccnc1)C(=O)[O-]. The third-order valence-electron chi connectivity index (χ3n) is 1.95. The summed E-state index contributed by atoms with van der Waals surface area (Å²) in [7, 11) is 0. The first kappa shape index (κ1) is 12.1. The van der Waals surface area contributed by atoms with Crippen LogP contribution >= 0.6 is 0 Å². The third-order valence-corrected chi connectivity index (χ3v) is 1.95. The molecule has 6 nitrogen and oxygen atoms in total. The molecule has 1 rings (SSSR count). The summed E-state index contributed by atoms with van der Waals surface area (Å²) in [6.07, 6.45) is 1.55. The third kappa shape index (κ3) is 3.03. The number of aliphatic hydroxyl groups is 1. The standard InChI is InChI=1S/C10H12N2O4/c1-6(13)8(10(15)16)12-9(14)7-3-2-4-11-5-7/h2-6,8,13H,1H3,(H,12,14)(H,15,16)/p-1/t6-,8+/m0/s1. The molecule has 2 atom stereocenters. The van der Waals surface area contributed by atoms with Crippen LogP contribution in [0.3, 0.4) is 0 Å². The van der Waals surface area contributed by atoms with Gasteiger partial charge in [-0.2, -0.15) is 0 Å². The van der Waals surface area contributed by atoms with Gasteiger partial charge in [0, 0.05) is 12.4 Å². The number of carbonyl (C=O) groups is 2. The van der Waals surface area contributed by atoms with Crippen molar-refractivity contribution in [3.63, 3.8) is 0 Å². The molecule has 0 fully saturated rings. The van der Waals surface area contributed by atoms with Gasteiger partial charge in [-0.15, -0.1) is 0 Å². The van der Waals surface area contributed by atoms with Crippen molar-refractivity contribution in [2.75, 3.05) is 0 Å². The highest BCUT2D eigenvalue weighted by atomic mass is 16.4. The van der Waals surface area contributed by atoms with Crippen LogP contribution in [-0.4, -0.2) is 34.1 Å². The maximum Gasteiger partial charge on any atom is 0.253 e. The van der Waals surface area contributed by atoms with Gasteiger partial charge in [0.05, 0.1) is 23.7 Å². The number of hydrogen-bond donors (Lipinski definition) is 2. The van der Waals surface area contributed by atoms with Gasteiger partial charge in [-0.3, -0.25) is 9.78 Å². The lowest BCUT2D eigenvalue weighted by atomic mass is 10.1. The number of nitrogens with one attached hydrogen (secondary N) is 1. The maximum atomic E-state index is 11.5. The van der Waals surface area contributed by atoms with E-state index in [9.17, 15) is 14.7 Å². The lowest BCUT2D eigenvalue weighted by molar-refractivity contribution is -0.310. The van der Waals surface area contributed by atoms with Crippen molar-refractivity contribution in [2.45, 2.75) is 19.1 Å². The molecule has 0 aliphatic heterocycles. The van der Waals surface area contributed by atoms with Gasteiger partial charge in [-0.05, 0) is 19.1 Å². The number of carboxylic acids is 1. The van der Waals surface area contributed by atoms with Crippen LogP contribution in [0.15, 0.2) is 24.5 Å². The fourth-order valence-corrected chi connectivity index (χ4v) is 1.10. The molecule has 16 heavy (non-hydrogen) atoms. The van der Waals surface area contributed by atoms with E-state index in [0.29, 0.717) is 0 Å². The number of pyridine rings is 1. The van der Waals surface area contributed by atoms with Crippen molar-refractivity contribution < 1.29 is 19.8 Å². The molecule has 1 aromatic heterocycles. The van der Waals surface area contributed by atoms with Gasteiger partial charge in [0.1, 0.15) is 0 Å². The molecule has 86 valence electrons. The smallest absolute Gasteiger partial charge is 0.253 e. The van der Waals surface area contributed by atoms with Crippen molar-refractivity contribution in [1.82, 2.24) is 10.3 Å². The number of amides is 1. The normalized spacial score (nSPS) is 13.9. The molecular weight excluding hydrogens is 212 g/mol. The first-order valence-electron chi connectivity index (χ1n) is 4.62. The minimum absolute atomic E-state index is 0.217. The van der Waals surface area contributed by atoms with Gasteiger partial charge in [0.2, 0.25) is 0 Å². The molecule has 1 heterocycles. The lowest BCUT2D eigenvalue weighted by Gasteiger charge is -2.22. The largest absolute Gasteiger partial charge is 0.548 e. The molecule has 0 aliphatic rings. The quantitative estimate of drug-likeness (QED) is 0.634. The van der Waals surface area contributed by atoms with Gasteiger partial charge < -0.3 is 20.3 Å². The number of aliphatic carboxylic acids is 1. The summed E-state index contributed by atoms with van der Waals surface area (Å²) in [5.41, 5.74) is 0.217. The number of rotatable bonds is 4. The summed E-state index contributed by atoms with van der Waals surface area (Å²) >= 11 is 0. The summed E-state index contributed by atoms with van der Waals surface area (Å²) in [4.78, 5) is 25.8. The Labute approximate surface area is 91.9 Å². The molecule has 0 unspecified atom stereocenters. The molecule has 0 bridgehead atoms. The number of aliphatic hydroxyl groups excluding tert-OH is 1. The van der Waals surface area contributed by atoms with E-state index in [1.165, 1.54) is 25.4 Å². The van der Waals surface area contributed by atoms with E-state index in [0.717, 1.165) is 0 Å². The van der Waals surface area contributed by atoms with Crippen LogP contribution in [0.1, 0.15) is 17.3 Å². The van der Waals surface area contributed by atoms with Crippen molar-refractivity contribution in [3.8, 4) is 0 Å². The van der Waals surface area contributed by atoms with Crippen molar-refractivity contribution in [2.24, 2.45) is 0 Å². The Hall–Kier alpha value is -1.95. The molecule has 0 radical (unpaired) electrons. The van der Waals surface area contributed by atoms with E-state index in [1.807, 2.05) is 0 Å². The van der Waals surface area contributed by atoms with Gasteiger partial charge in [-0.25, -0.2) is 0 Å². The molecule has 0 aromatic carbocycles. The van der Waals surface area contributed by atoms with Crippen molar-refractivity contribution >= 4 is 11.9 Å². The Bertz CT molecular complexity index is 378. The summed E-state index contributed by atoms with van der Waals surface area (Å²) < 4.78 is 0. The van der Waals surface area contributed by atoms with Crippen LogP contribution in [0.5, 0.6) is 0 Å². The van der Waals surface area contributed by atoms with Crippen LogP contribution in [0.25, 0.3) is 0 Å². The molecule has 6 heteroatoms. The Morgan fingerprint density at radius 3 is 2.69 bits per heavy atom. The van der Waals surface area contributed by atoms with Crippen LogP contribution in [-0.2, 0) is 4.79 Å². The second-order valence-electron chi connectivity index (χ2n) is 3.25. The lowest BCUT2D eigenvalue weighted by Crippen LogP contribution is -2.53. The van der Waals surface area contributed by atoms with Gasteiger partial charge in [-0.1, -0.05) is 0 Å². The average Bonchev–Trinajstić information content (AvgIpc) is 2.25. The zero-order valence-electron chi connectivity index (χ0n) is 8.58. The molecule has 2 N–H and O–H groups in total. The molecule has 0 spiro atoms. The van der Waals surface area contributed by atoms with E-state index in [4.69, 9.17) is 5.11 Å². The second-order valence-corrected chi connectivity index (χ2v) is 3.25. The first-order chi connectivity index (χ1) is 7.52. The van der Waals surface area contributed by atoms with Crippen molar-refractivity contribution in [3.05, 3.63) is 30.1 Å². The predicted octanol–water partition coefficient (Wildman–Crippen LogP) is -1.69. The maximum absolute atomic E-state index is 11.5. The van der Waals surface area contributed by atoms with Gasteiger partial charge in [0.15, 0.2) is 0 Å². The molecule has 1 aromatic rings. The highest BCUT2D eigenvalue weighted by molar-refractivity contribution is 5.96. The van der Waals surface area contributed by atoms with Crippen LogP contribution in [0.4, 0.5) is 0 Å². The molecule has 0 saturated heterocycles. The first-order valence-corrected chi connectivity index (χ1v) is 4.62. The van der Waals surface area contributed by atoms with Crippen molar-refractivity contribution in [1.29, 1.82) is 0 Å². The fraction of sp³-hybridized carbons (Fsp3) is 0.300. The fourth-order valence-electron chi connectivity index (χ4n) is 1.10. The predicted molar refractivity (Wildman–Crippen MR) is 52.2 cm³/mol. The zero-order valence-corrected chi connectivity index (χ0v) is 8.58. The topological polar surface area (TPSA) is 102 Å². The Kier molecular flexibility index (Phi) is 3.96. The van der Waals surface area contributed by atoms with Crippen LogP contribution in [0, 0.1) is 0 Å².